The molecule has 24 heavy (non-hydrogen) atoms. The van der Waals surface area contributed by atoms with Gasteiger partial charge in [-0.2, -0.15) is 4.31 Å². The molecule has 2 fully saturated rings. The normalized spacial score (nSPS) is 21.4. The summed E-state index contributed by atoms with van der Waals surface area (Å²) in [4.78, 5) is 14.1. The smallest absolute Gasteiger partial charge is 0.243 e. The summed E-state index contributed by atoms with van der Waals surface area (Å²) in [6.07, 6.45) is 2.08. The van der Waals surface area contributed by atoms with Crippen molar-refractivity contribution in [3.63, 3.8) is 0 Å². The van der Waals surface area contributed by atoms with Crippen LogP contribution in [-0.4, -0.2) is 61.8 Å². The topological polar surface area (TPSA) is 69.7 Å². The lowest BCUT2D eigenvalue weighted by Gasteiger charge is -2.36. The summed E-state index contributed by atoms with van der Waals surface area (Å²) < 4.78 is 39.8. The molecule has 1 N–H and O–H groups in total. The Morgan fingerprint density at radius 2 is 1.92 bits per heavy atom. The molecule has 1 aromatic rings. The van der Waals surface area contributed by atoms with Crippen LogP contribution in [0.15, 0.2) is 29.2 Å². The molecule has 6 nitrogen and oxygen atoms in total. The molecule has 1 atom stereocenters. The van der Waals surface area contributed by atoms with Crippen molar-refractivity contribution < 1.29 is 17.6 Å². The fourth-order valence-electron chi connectivity index (χ4n) is 2.82. The van der Waals surface area contributed by atoms with E-state index in [1.54, 1.807) is 0 Å². The fourth-order valence-corrected chi connectivity index (χ4v) is 4.28. The molecule has 0 aromatic heterocycles. The fraction of sp³-hybridized carbons (Fsp3) is 0.562. The highest BCUT2D eigenvalue weighted by atomic mass is 32.2. The quantitative estimate of drug-likeness (QED) is 0.848. The van der Waals surface area contributed by atoms with E-state index in [-0.39, 0.29) is 16.8 Å². The van der Waals surface area contributed by atoms with Crippen LogP contribution in [0.1, 0.15) is 19.8 Å². The lowest BCUT2D eigenvalue weighted by molar-refractivity contribution is -0.126. The van der Waals surface area contributed by atoms with Crippen LogP contribution in [0, 0.1) is 5.82 Å². The molecule has 1 heterocycles. The Hall–Kier alpha value is -1.51. The standard InChI is InChI=1S/C16H22FN3O3S/c1-12(16(21)18-14-5-6-14)19-7-9-20(10-8-19)24(22,23)15-4-2-3-13(17)11-15/h2-4,11-12,14H,5-10H2,1H3,(H,18,21)/t12-/m1/s1. The van der Waals surface area contributed by atoms with E-state index in [2.05, 4.69) is 5.32 Å². The number of carbonyl (C=O) groups is 1. The van der Waals surface area contributed by atoms with Gasteiger partial charge in [0.25, 0.3) is 0 Å². The number of nitrogens with one attached hydrogen (secondary N) is 1. The highest BCUT2D eigenvalue weighted by Crippen LogP contribution is 2.21. The first kappa shape index (κ1) is 17.3. The molecule has 1 saturated heterocycles. The van der Waals surface area contributed by atoms with Gasteiger partial charge in [-0.15, -0.1) is 0 Å². The minimum Gasteiger partial charge on any atom is -0.352 e. The summed E-state index contributed by atoms with van der Waals surface area (Å²) in [5.41, 5.74) is 0. The molecule has 3 rings (SSSR count). The third kappa shape index (κ3) is 3.76. The van der Waals surface area contributed by atoms with Crippen molar-refractivity contribution in [2.24, 2.45) is 0 Å². The minimum absolute atomic E-state index is 0.000984. The Morgan fingerprint density at radius 1 is 1.25 bits per heavy atom. The van der Waals surface area contributed by atoms with Crippen molar-refractivity contribution >= 4 is 15.9 Å². The van der Waals surface area contributed by atoms with E-state index < -0.39 is 15.8 Å². The lowest BCUT2D eigenvalue weighted by Crippen LogP contribution is -2.55. The predicted octanol–water partition coefficient (Wildman–Crippen LogP) is 0.799. The van der Waals surface area contributed by atoms with Crippen molar-refractivity contribution in [3.05, 3.63) is 30.1 Å². The van der Waals surface area contributed by atoms with Crippen molar-refractivity contribution in [3.8, 4) is 0 Å². The monoisotopic (exact) mass is 355 g/mol. The maximum Gasteiger partial charge on any atom is 0.243 e. The molecular weight excluding hydrogens is 333 g/mol. The van der Waals surface area contributed by atoms with Crippen LogP contribution in [0.3, 0.4) is 0 Å². The second kappa shape index (κ2) is 6.78. The van der Waals surface area contributed by atoms with Gasteiger partial charge in [0.15, 0.2) is 0 Å². The summed E-state index contributed by atoms with van der Waals surface area (Å²) in [5, 5.41) is 2.97. The van der Waals surface area contributed by atoms with Crippen molar-refractivity contribution in [1.29, 1.82) is 0 Å². The van der Waals surface area contributed by atoms with E-state index in [0.717, 1.165) is 18.9 Å². The molecule has 0 unspecified atom stereocenters. The molecular formula is C16H22FN3O3S. The van der Waals surface area contributed by atoms with Gasteiger partial charge in [-0.1, -0.05) is 6.07 Å². The van der Waals surface area contributed by atoms with Crippen molar-refractivity contribution in [2.45, 2.75) is 36.7 Å². The number of carbonyl (C=O) groups excluding carboxylic acids is 1. The van der Waals surface area contributed by atoms with Gasteiger partial charge >= 0.3 is 0 Å². The Morgan fingerprint density at radius 3 is 2.50 bits per heavy atom. The number of benzene rings is 1. The van der Waals surface area contributed by atoms with Crippen LogP contribution < -0.4 is 5.32 Å². The van der Waals surface area contributed by atoms with E-state index >= 15 is 0 Å². The van der Waals surface area contributed by atoms with Crippen LogP contribution in [-0.2, 0) is 14.8 Å². The maximum absolute atomic E-state index is 13.3. The number of halogens is 1. The molecule has 1 aromatic carbocycles. The zero-order valence-corrected chi connectivity index (χ0v) is 14.4. The van der Waals surface area contributed by atoms with E-state index in [4.69, 9.17) is 0 Å². The predicted molar refractivity (Wildman–Crippen MR) is 87.4 cm³/mol. The van der Waals surface area contributed by atoms with Gasteiger partial charge in [-0.05, 0) is 38.0 Å². The number of nitrogens with zero attached hydrogens (tertiary/aromatic N) is 2. The van der Waals surface area contributed by atoms with Gasteiger partial charge in [0.1, 0.15) is 5.82 Å². The van der Waals surface area contributed by atoms with Crippen LogP contribution in [0.5, 0.6) is 0 Å². The van der Waals surface area contributed by atoms with Gasteiger partial charge in [0, 0.05) is 32.2 Å². The largest absolute Gasteiger partial charge is 0.352 e. The molecule has 2 aliphatic rings. The zero-order valence-electron chi connectivity index (χ0n) is 13.6. The Kier molecular flexibility index (Phi) is 4.89. The molecule has 0 radical (unpaired) electrons. The molecule has 1 aliphatic carbocycles. The summed E-state index contributed by atoms with van der Waals surface area (Å²) in [5.74, 6) is -0.570. The zero-order chi connectivity index (χ0) is 17.3. The number of hydrogen-bond acceptors (Lipinski definition) is 4. The third-order valence-corrected chi connectivity index (χ3v) is 6.45. The second-order valence-corrected chi connectivity index (χ2v) is 8.29. The highest BCUT2D eigenvalue weighted by Gasteiger charge is 2.33. The Labute approximate surface area is 141 Å². The maximum atomic E-state index is 13.3. The second-order valence-electron chi connectivity index (χ2n) is 6.36. The molecule has 0 spiro atoms. The number of amides is 1. The van der Waals surface area contributed by atoms with E-state index in [0.29, 0.717) is 32.2 Å². The average Bonchev–Trinajstić information content (AvgIpc) is 3.38. The molecule has 8 heteroatoms. The molecule has 0 bridgehead atoms. The average molecular weight is 355 g/mol. The van der Waals surface area contributed by atoms with Gasteiger partial charge in [-0.3, -0.25) is 9.69 Å². The first-order valence-electron chi connectivity index (χ1n) is 8.18. The van der Waals surface area contributed by atoms with Crippen LogP contribution in [0.2, 0.25) is 0 Å². The van der Waals surface area contributed by atoms with Crippen molar-refractivity contribution in [1.82, 2.24) is 14.5 Å². The minimum atomic E-state index is -3.70. The number of rotatable bonds is 5. The molecule has 1 aliphatic heterocycles. The van der Waals surface area contributed by atoms with Crippen LogP contribution >= 0.6 is 0 Å². The molecule has 132 valence electrons. The first-order chi connectivity index (χ1) is 11.4. The van der Waals surface area contributed by atoms with Gasteiger partial charge in [-0.25, -0.2) is 12.8 Å². The summed E-state index contributed by atoms with van der Waals surface area (Å²) in [6, 6.07) is 5.09. The lowest BCUT2D eigenvalue weighted by atomic mass is 10.2. The third-order valence-electron chi connectivity index (χ3n) is 4.56. The van der Waals surface area contributed by atoms with E-state index in [1.165, 1.54) is 22.5 Å². The van der Waals surface area contributed by atoms with Gasteiger partial charge in [0.2, 0.25) is 15.9 Å². The van der Waals surface area contributed by atoms with E-state index in [1.807, 2.05) is 11.8 Å². The molecule has 1 saturated carbocycles. The Balaban J connectivity index is 1.60. The highest BCUT2D eigenvalue weighted by molar-refractivity contribution is 7.89. The summed E-state index contributed by atoms with van der Waals surface area (Å²) in [6.45, 7) is 3.38. The SMILES string of the molecule is C[C@H](C(=O)NC1CC1)N1CCN(S(=O)(=O)c2cccc(F)c2)CC1. The summed E-state index contributed by atoms with van der Waals surface area (Å²) in [7, 11) is -3.70. The number of piperazine rings is 1. The first-order valence-corrected chi connectivity index (χ1v) is 9.62. The molecule has 1 amide bonds. The van der Waals surface area contributed by atoms with E-state index in [9.17, 15) is 17.6 Å². The van der Waals surface area contributed by atoms with Crippen molar-refractivity contribution in [2.75, 3.05) is 26.2 Å². The number of sulfonamides is 1. The van der Waals surface area contributed by atoms with Gasteiger partial charge < -0.3 is 5.32 Å². The van der Waals surface area contributed by atoms with Crippen LogP contribution in [0.4, 0.5) is 4.39 Å². The number of hydrogen-bond donors (Lipinski definition) is 1. The van der Waals surface area contributed by atoms with Gasteiger partial charge in [0.05, 0.1) is 10.9 Å². The van der Waals surface area contributed by atoms with Crippen LogP contribution in [0.25, 0.3) is 0 Å². The Bertz CT molecular complexity index is 713. The summed E-state index contributed by atoms with van der Waals surface area (Å²) >= 11 is 0.